The Bertz CT molecular complexity index is 455. The van der Waals surface area contributed by atoms with E-state index in [1.165, 1.54) is 77.0 Å². The molecule has 1 atom stereocenters. The van der Waals surface area contributed by atoms with Crippen LogP contribution in [0.3, 0.4) is 0 Å². The molecule has 0 spiro atoms. The van der Waals surface area contributed by atoms with Crippen LogP contribution in [0, 0.1) is 0 Å². The minimum atomic E-state index is -0.458. The molecule has 182 valence electrons. The van der Waals surface area contributed by atoms with Gasteiger partial charge in [0.05, 0.1) is 13.2 Å². The lowest BCUT2D eigenvalue weighted by atomic mass is 10.0. The maximum atomic E-state index is 12.4. The van der Waals surface area contributed by atoms with Crippen molar-refractivity contribution in [1.29, 1.82) is 0 Å². The summed E-state index contributed by atoms with van der Waals surface area (Å²) in [7, 11) is 0. The third-order valence-electron chi connectivity index (χ3n) is 6.23. The first-order chi connectivity index (χ1) is 15.2. The number of likely N-dealkylation sites (tertiary alicyclic amines) is 1. The number of carbonyl (C=O) groups excluding carboxylic acids is 2. The molecule has 5 heteroatoms. The van der Waals surface area contributed by atoms with Crippen LogP contribution in [-0.4, -0.2) is 42.8 Å². The van der Waals surface area contributed by atoms with Crippen LogP contribution in [0.5, 0.6) is 0 Å². The van der Waals surface area contributed by atoms with Gasteiger partial charge in [0.25, 0.3) is 0 Å². The van der Waals surface area contributed by atoms with Crippen molar-refractivity contribution in [2.75, 3.05) is 19.8 Å². The van der Waals surface area contributed by atoms with E-state index in [0.717, 1.165) is 32.1 Å². The molecule has 1 heterocycles. The number of nitrogens with zero attached hydrogens (tertiary/aromatic N) is 1. The minimum Gasteiger partial charge on any atom is -0.464 e. The predicted octanol–water partition coefficient (Wildman–Crippen LogP) is 7.41. The Hall–Kier alpha value is -1.26. The molecule has 0 aromatic heterocycles. The van der Waals surface area contributed by atoms with E-state index in [2.05, 4.69) is 13.8 Å². The van der Waals surface area contributed by atoms with Gasteiger partial charge < -0.3 is 9.47 Å². The monoisotopic (exact) mass is 439 g/mol. The van der Waals surface area contributed by atoms with Gasteiger partial charge in [-0.2, -0.15) is 0 Å². The Morgan fingerprint density at radius 3 is 1.71 bits per heavy atom. The average molecular weight is 440 g/mol. The van der Waals surface area contributed by atoms with Gasteiger partial charge >= 0.3 is 12.1 Å². The third kappa shape index (κ3) is 13.7. The van der Waals surface area contributed by atoms with Gasteiger partial charge in [-0.15, -0.1) is 0 Å². The van der Waals surface area contributed by atoms with Crippen LogP contribution in [-0.2, 0) is 14.3 Å². The molecule has 1 amide bonds. The summed E-state index contributed by atoms with van der Waals surface area (Å²) in [5.74, 6) is -0.264. The minimum absolute atomic E-state index is 0.264. The summed E-state index contributed by atoms with van der Waals surface area (Å²) >= 11 is 0. The highest BCUT2D eigenvalue weighted by molar-refractivity contribution is 5.82. The smallest absolute Gasteiger partial charge is 0.410 e. The molecule has 1 saturated heterocycles. The molecule has 0 aliphatic carbocycles. The van der Waals surface area contributed by atoms with Crippen molar-refractivity contribution >= 4 is 12.1 Å². The Kier molecular flexibility index (Phi) is 17.4. The predicted molar refractivity (Wildman–Crippen MR) is 127 cm³/mol. The van der Waals surface area contributed by atoms with Crippen molar-refractivity contribution in [2.24, 2.45) is 0 Å². The number of rotatable bonds is 19. The van der Waals surface area contributed by atoms with Crippen molar-refractivity contribution < 1.29 is 19.1 Å². The van der Waals surface area contributed by atoms with Gasteiger partial charge in [0.1, 0.15) is 6.04 Å². The number of unbranched alkanes of at least 4 members (excludes halogenated alkanes) is 14. The summed E-state index contributed by atoms with van der Waals surface area (Å²) in [5.41, 5.74) is 0. The number of esters is 1. The summed E-state index contributed by atoms with van der Waals surface area (Å²) in [6.45, 7) is 5.80. The van der Waals surface area contributed by atoms with Crippen molar-refractivity contribution in [2.45, 2.75) is 135 Å². The van der Waals surface area contributed by atoms with Crippen molar-refractivity contribution in [3.05, 3.63) is 0 Å². The van der Waals surface area contributed by atoms with E-state index in [0.29, 0.717) is 26.2 Å². The van der Waals surface area contributed by atoms with Crippen LogP contribution < -0.4 is 0 Å². The summed E-state index contributed by atoms with van der Waals surface area (Å²) in [6, 6.07) is -0.458. The molecular weight excluding hydrogens is 390 g/mol. The Morgan fingerprint density at radius 1 is 0.677 bits per heavy atom. The Morgan fingerprint density at radius 2 is 1.16 bits per heavy atom. The first kappa shape index (κ1) is 27.8. The van der Waals surface area contributed by atoms with Crippen LogP contribution in [0.4, 0.5) is 4.79 Å². The zero-order chi connectivity index (χ0) is 22.6. The molecular formula is C26H49NO4. The van der Waals surface area contributed by atoms with Crippen molar-refractivity contribution in [3.8, 4) is 0 Å². The summed E-state index contributed by atoms with van der Waals surface area (Å²) in [6.07, 6.45) is 21.3. The fourth-order valence-electron chi connectivity index (χ4n) is 4.18. The van der Waals surface area contributed by atoms with E-state index < -0.39 is 6.04 Å². The second kappa shape index (κ2) is 19.4. The number of carbonyl (C=O) groups is 2. The summed E-state index contributed by atoms with van der Waals surface area (Å²) < 4.78 is 10.7. The van der Waals surface area contributed by atoms with Gasteiger partial charge in [0.2, 0.25) is 0 Å². The molecule has 0 aromatic carbocycles. The van der Waals surface area contributed by atoms with Crippen molar-refractivity contribution in [1.82, 2.24) is 4.90 Å². The van der Waals surface area contributed by atoms with Crippen LogP contribution in [0.15, 0.2) is 0 Å². The molecule has 1 unspecified atom stereocenters. The average Bonchev–Trinajstić information content (AvgIpc) is 3.26. The number of amides is 1. The van der Waals surface area contributed by atoms with Gasteiger partial charge in [-0.1, -0.05) is 104 Å². The normalized spacial score (nSPS) is 15.9. The van der Waals surface area contributed by atoms with Gasteiger partial charge in [0.15, 0.2) is 0 Å². The molecule has 0 radical (unpaired) electrons. The summed E-state index contributed by atoms with van der Waals surface area (Å²) in [4.78, 5) is 26.0. The number of ether oxygens (including phenoxy) is 2. The fraction of sp³-hybridized carbons (Fsp3) is 0.923. The first-order valence-corrected chi connectivity index (χ1v) is 13.3. The molecule has 1 fully saturated rings. The van der Waals surface area contributed by atoms with Crippen LogP contribution in [0.2, 0.25) is 0 Å². The van der Waals surface area contributed by atoms with E-state index in [-0.39, 0.29) is 12.1 Å². The van der Waals surface area contributed by atoms with E-state index in [1.54, 1.807) is 4.90 Å². The maximum absolute atomic E-state index is 12.4. The lowest BCUT2D eigenvalue weighted by Crippen LogP contribution is -2.41. The van der Waals surface area contributed by atoms with E-state index in [9.17, 15) is 9.59 Å². The van der Waals surface area contributed by atoms with Crippen molar-refractivity contribution in [3.63, 3.8) is 0 Å². The van der Waals surface area contributed by atoms with Crippen LogP contribution in [0.25, 0.3) is 0 Å². The van der Waals surface area contributed by atoms with E-state index in [1.807, 2.05) is 0 Å². The quantitative estimate of drug-likeness (QED) is 0.155. The SMILES string of the molecule is CCCCCCCCCCCCCCCCOC(=O)C1CCCN1C(=O)OCCCC. The van der Waals surface area contributed by atoms with Gasteiger partial charge in [-0.25, -0.2) is 9.59 Å². The first-order valence-electron chi connectivity index (χ1n) is 13.3. The highest BCUT2D eigenvalue weighted by Crippen LogP contribution is 2.20. The molecule has 1 aliphatic heterocycles. The highest BCUT2D eigenvalue weighted by Gasteiger charge is 2.36. The second-order valence-corrected chi connectivity index (χ2v) is 9.08. The molecule has 0 saturated carbocycles. The molecule has 31 heavy (non-hydrogen) atoms. The molecule has 1 rings (SSSR count). The zero-order valence-electron chi connectivity index (χ0n) is 20.5. The van der Waals surface area contributed by atoms with E-state index >= 15 is 0 Å². The van der Waals surface area contributed by atoms with Gasteiger partial charge in [-0.05, 0) is 25.7 Å². The lowest BCUT2D eigenvalue weighted by molar-refractivity contribution is -0.148. The Labute approximate surface area is 191 Å². The van der Waals surface area contributed by atoms with Crippen LogP contribution in [0.1, 0.15) is 129 Å². The van der Waals surface area contributed by atoms with E-state index in [4.69, 9.17) is 9.47 Å². The van der Waals surface area contributed by atoms with Gasteiger partial charge in [0, 0.05) is 6.54 Å². The standard InChI is InChI=1S/C26H49NO4/c1-3-5-7-8-9-10-11-12-13-14-15-16-17-18-23-30-25(28)24-20-19-21-27(24)26(29)31-22-6-4-2/h24H,3-23H2,1-2H3. The molecule has 0 N–H and O–H groups in total. The second-order valence-electron chi connectivity index (χ2n) is 9.08. The zero-order valence-corrected chi connectivity index (χ0v) is 20.5. The number of hydrogen-bond donors (Lipinski definition) is 0. The van der Waals surface area contributed by atoms with Crippen LogP contribution >= 0.6 is 0 Å². The Balaban J connectivity index is 1.94. The maximum Gasteiger partial charge on any atom is 0.410 e. The molecule has 1 aliphatic rings. The third-order valence-corrected chi connectivity index (χ3v) is 6.23. The highest BCUT2D eigenvalue weighted by atomic mass is 16.6. The largest absolute Gasteiger partial charge is 0.464 e. The summed E-state index contributed by atoms with van der Waals surface area (Å²) in [5, 5.41) is 0. The molecule has 0 aromatic rings. The number of hydrogen-bond acceptors (Lipinski definition) is 4. The fourth-order valence-corrected chi connectivity index (χ4v) is 4.18. The van der Waals surface area contributed by atoms with Gasteiger partial charge in [-0.3, -0.25) is 4.90 Å². The molecule has 0 bridgehead atoms. The topological polar surface area (TPSA) is 55.8 Å². The lowest BCUT2D eigenvalue weighted by Gasteiger charge is -2.22. The molecule has 5 nitrogen and oxygen atoms in total.